The maximum absolute atomic E-state index is 10.4. The van der Waals surface area contributed by atoms with Crippen LogP contribution in [0.3, 0.4) is 0 Å². The first-order valence-electron chi connectivity index (χ1n) is 10.6. The van der Waals surface area contributed by atoms with E-state index in [-0.39, 0.29) is 0 Å². The molecule has 1 atom stereocenters. The molecule has 2 fully saturated rings. The molecule has 1 aliphatic heterocycles. The van der Waals surface area contributed by atoms with Crippen molar-refractivity contribution in [2.45, 2.75) is 50.8 Å². The first kappa shape index (κ1) is 20.6. The van der Waals surface area contributed by atoms with Gasteiger partial charge in [0.25, 0.3) is 0 Å². The van der Waals surface area contributed by atoms with Gasteiger partial charge in [0.2, 0.25) is 0 Å². The van der Waals surface area contributed by atoms with Gasteiger partial charge < -0.3 is 19.6 Å². The van der Waals surface area contributed by atoms with Crippen LogP contribution in [0.25, 0.3) is 0 Å². The molecule has 1 saturated heterocycles. The van der Waals surface area contributed by atoms with Gasteiger partial charge in [-0.25, -0.2) is 0 Å². The van der Waals surface area contributed by atoms with Crippen LogP contribution >= 0.6 is 0 Å². The smallest absolute Gasteiger partial charge is 0.119 e. The molecule has 0 bridgehead atoms. The lowest BCUT2D eigenvalue weighted by Crippen LogP contribution is -2.43. The second kappa shape index (κ2) is 10.4. The zero-order valence-corrected chi connectivity index (χ0v) is 17.1. The van der Waals surface area contributed by atoms with E-state index in [4.69, 9.17) is 4.74 Å². The number of rotatable bonds is 8. The van der Waals surface area contributed by atoms with E-state index in [0.29, 0.717) is 19.2 Å². The molecule has 5 heteroatoms. The van der Waals surface area contributed by atoms with Crippen LogP contribution in [0.2, 0.25) is 0 Å². The molecule has 1 heterocycles. The van der Waals surface area contributed by atoms with Crippen molar-refractivity contribution in [1.82, 2.24) is 14.7 Å². The molecule has 3 rings (SSSR count). The first-order valence-corrected chi connectivity index (χ1v) is 10.6. The molecule has 0 aromatic heterocycles. The molecule has 27 heavy (non-hydrogen) atoms. The lowest BCUT2D eigenvalue weighted by molar-refractivity contribution is 0.0561. The molecule has 2 aliphatic rings. The highest BCUT2D eigenvalue weighted by molar-refractivity contribution is 5.28. The van der Waals surface area contributed by atoms with Crippen molar-refractivity contribution in [3.63, 3.8) is 0 Å². The van der Waals surface area contributed by atoms with Crippen molar-refractivity contribution in [3.05, 3.63) is 29.8 Å². The zero-order chi connectivity index (χ0) is 19.1. The second-order valence-electron chi connectivity index (χ2n) is 8.42. The first-order chi connectivity index (χ1) is 13.1. The largest absolute Gasteiger partial charge is 0.491 e. The van der Waals surface area contributed by atoms with Gasteiger partial charge >= 0.3 is 0 Å². The minimum atomic E-state index is -0.446. The van der Waals surface area contributed by atoms with Gasteiger partial charge in [0.1, 0.15) is 18.5 Å². The Labute approximate surface area is 164 Å². The standard InChI is InChI=1S/C22H37N3O2/c1-23-11-13-25(14-12-23)16-19-7-6-10-22(15-19)27-18-21(26)17-24(2)20-8-4-3-5-9-20/h6-7,10,15,20-21,26H,3-5,8-9,11-14,16-18H2,1-2H3. The van der Waals surface area contributed by atoms with Crippen LogP contribution in [0, 0.1) is 0 Å². The Kier molecular flexibility index (Phi) is 7.94. The number of benzene rings is 1. The average Bonchev–Trinajstić information content (AvgIpc) is 2.69. The normalized spacial score (nSPS) is 21.5. The fourth-order valence-electron chi connectivity index (χ4n) is 4.25. The van der Waals surface area contributed by atoms with Gasteiger partial charge in [0.05, 0.1) is 0 Å². The Morgan fingerprint density at radius 3 is 2.63 bits per heavy atom. The van der Waals surface area contributed by atoms with Crippen LogP contribution in [0.15, 0.2) is 24.3 Å². The van der Waals surface area contributed by atoms with E-state index in [9.17, 15) is 5.11 Å². The number of nitrogens with zero attached hydrogens (tertiary/aromatic N) is 3. The van der Waals surface area contributed by atoms with Crippen LogP contribution < -0.4 is 4.74 Å². The maximum Gasteiger partial charge on any atom is 0.119 e. The van der Waals surface area contributed by atoms with Crippen molar-refractivity contribution in [3.8, 4) is 5.75 Å². The van der Waals surface area contributed by atoms with Crippen LogP contribution in [-0.4, -0.2) is 85.4 Å². The van der Waals surface area contributed by atoms with Gasteiger partial charge in [0.15, 0.2) is 0 Å². The molecule has 1 unspecified atom stereocenters. The van der Waals surface area contributed by atoms with Crippen molar-refractivity contribution >= 4 is 0 Å². The van der Waals surface area contributed by atoms with Gasteiger partial charge in [-0.2, -0.15) is 0 Å². The predicted octanol–water partition coefficient (Wildman–Crippen LogP) is 2.44. The third-order valence-electron chi connectivity index (χ3n) is 6.04. The number of aliphatic hydroxyl groups excluding tert-OH is 1. The number of hydrogen-bond acceptors (Lipinski definition) is 5. The van der Waals surface area contributed by atoms with Crippen molar-refractivity contribution < 1.29 is 9.84 Å². The lowest BCUT2D eigenvalue weighted by Gasteiger charge is -2.32. The average molecular weight is 376 g/mol. The topological polar surface area (TPSA) is 39.2 Å². The van der Waals surface area contributed by atoms with Crippen molar-refractivity contribution in [2.24, 2.45) is 0 Å². The molecule has 1 saturated carbocycles. The van der Waals surface area contributed by atoms with Gasteiger partial charge in [-0.05, 0) is 44.6 Å². The Morgan fingerprint density at radius 2 is 1.89 bits per heavy atom. The van der Waals surface area contributed by atoms with E-state index in [1.807, 2.05) is 6.07 Å². The molecule has 0 spiro atoms. The molecular formula is C22H37N3O2. The van der Waals surface area contributed by atoms with E-state index in [0.717, 1.165) is 38.5 Å². The molecule has 1 N–H and O–H groups in total. The molecule has 1 aromatic rings. The summed E-state index contributed by atoms with van der Waals surface area (Å²) in [6.45, 7) is 6.52. The fraction of sp³-hybridized carbons (Fsp3) is 0.727. The predicted molar refractivity (Wildman–Crippen MR) is 110 cm³/mol. The summed E-state index contributed by atoms with van der Waals surface area (Å²) in [5, 5.41) is 10.4. The monoisotopic (exact) mass is 375 g/mol. The SMILES string of the molecule is CN1CCN(Cc2cccc(OCC(O)CN(C)C3CCCCC3)c2)CC1. The summed E-state index contributed by atoms with van der Waals surface area (Å²) in [5.41, 5.74) is 1.28. The summed E-state index contributed by atoms with van der Waals surface area (Å²) in [6.07, 6.45) is 6.08. The van der Waals surface area contributed by atoms with E-state index in [1.165, 1.54) is 37.7 Å². The summed E-state index contributed by atoms with van der Waals surface area (Å²) < 4.78 is 5.90. The minimum Gasteiger partial charge on any atom is -0.491 e. The highest BCUT2D eigenvalue weighted by Gasteiger charge is 2.20. The van der Waals surface area contributed by atoms with Crippen LogP contribution in [0.1, 0.15) is 37.7 Å². The molecule has 5 nitrogen and oxygen atoms in total. The van der Waals surface area contributed by atoms with E-state index >= 15 is 0 Å². The highest BCUT2D eigenvalue weighted by Crippen LogP contribution is 2.22. The Hall–Kier alpha value is -1.14. The number of aliphatic hydroxyl groups is 1. The summed E-state index contributed by atoms with van der Waals surface area (Å²) in [7, 11) is 4.32. The van der Waals surface area contributed by atoms with E-state index < -0.39 is 6.10 Å². The van der Waals surface area contributed by atoms with E-state index in [1.54, 1.807) is 0 Å². The molecule has 0 amide bonds. The summed E-state index contributed by atoms with van der Waals surface area (Å²) in [5.74, 6) is 0.862. The summed E-state index contributed by atoms with van der Waals surface area (Å²) in [4.78, 5) is 7.19. The lowest BCUT2D eigenvalue weighted by atomic mass is 9.94. The zero-order valence-electron chi connectivity index (χ0n) is 17.1. The molecule has 1 aromatic carbocycles. The third kappa shape index (κ3) is 6.75. The highest BCUT2D eigenvalue weighted by atomic mass is 16.5. The number of likely N-dealkylation sites (N-methyl/N-ethyl adjacent to an activating group) is 2. The van der Waals surface area contributed by atoms with Crippen molar-refractivity contribution in [1.29, 1.82) is 0 Å². The van der Waals surface area contributed by atoms with Gasteiger partial charge in [-0.3, -0.25) is 4.90 Å². The van der Waals surface area contributed by atoms with Gasteiger partial charge in [-0.15, -0.1) is 0 Å². The van der Waals surface area contributed by atoms with Crippen molar-refractivity contribution in [2.75, 3.05) is 53.4 Å². The van der Waals surface area contributed by atoms with Gasteiger partial charge in [0, 0.05) is 45.3 Å². The fourth-order valence-corrected chi connectivity index (χ4v) is 4.25. The molecule has 1 aliphatic carbocycles. The number of hydrogen-bond donors (Lipinski definition) is 1. The van der Waals surface area contributed by atoms with Gasteiger partial charge in [-0.1, -0.05) is 31.4 Å². The van der Waals surface area contributed by atoms with Crippen LogP contribution in [0.5, 0.6) is 5.75 Å². The Bertz CT molecular complexity index is 554. The van der Waals surface area contributed by atoms with E-state index in [2.05, 4.69) is 47.0 Å². The Balaban J connectivity index is 1.42. The quantitative estimate of drug-likeness (QED) is 0.756. The third-order valence-corrected chi connectivity index (χ3v) is 6.04. The minimum absolute atomic E-state index is 0.356. The summed E-state index contributed by atoms with van der Waals surface area (Å²) >= 11 is 0. The summed E-state index contributed by atoms with van der Waals surface area (Å²) in [6, 6.07) is 8.96. The van der Waals surface area contributed by atoms with Crippen LogP contribution in [-0.2, 0) is 6.54 Å². The molecule has 152 valence electrons. The number of piperazine rings is 1. The maximum atomic E-state index is 10.4. The Morgan fingerprint density at radius 1 is 1.15 bits per heavy atom. The number of ether oxygens (including phenoxy) is 1. The van der Waals surface area contributed by atoms with Crippen LogP contribution in [0.4, 0.5) is 0 Å². The molecule has 0 radical (unpaired) electrons. The molecular weight excluding hydrogens is 338 g/mol. The second-order valence-corrected chi connectivity index (χ2v) is 8.42.